The molecule has 28 heavy (non-hydrogen) atoms. The predicted octanol–water partition coefficient (Wildman–Crippen LogP) is 6.01. The predicted molar refractivity (Wildman–Crippen MR) is 136 cm³/mol. The minimum atomic E-state index is 0.0302. The molecule has 0 radical (unpaired) electrons. The van der Waals surface area contributed by atoms with Gasteiger partial charge in [-0.15, -0.1) is 0 Å². The first-order valence-corrected chi connectivity index (χ1v) is 11.8. The Morgan fingerprint density at radius 1 is 0.679 bits per heavy atom. The van der Waals surface area contributed by atoms with Gasteiger partial charge in [0.15, 0.2) is 0 Å². The topological polar surface area (TPSA) is 24.7 Å². The van der Waals surface area contributed by atoms with Gasteiger partial charge in [0.25, 0.3) is 0 Å². The van der Waals surface area contributed by atoms with Crippen LogP contribution in [0.5, 0.6) is 0 Å². The molecule has 5 heteroatoms. The van der Waals surface area contributed by atoms with Gasteiger partial charge >= 0.3 is 0 Å². The summed E-state index contributed by atoms with van der Waals surface area (Å²) in [5.74, 6) is 0. The molecule has 0 amide bonds. The average molecular weight is 606 g/mol. The molecule has 4 rings (SSSR count). The van der Waals surface area contributed by atoms with E-state index < -0.39 is 0 Å². The van der Waals surface area contributed by atoms with Crippen LogP contribution in [-0.2, 0) is 0 Å². The molecule has 0 aliphatic carbocycles. The van der Waals surface area contributed by atoms with Crippen LogP contribution in [0.25, 0.3) is 9.97 Å². The van der Waals surface area contributed by atoms with Crippen molar-refractivity contribution in [3.8, 4) is 0 Å². The van der Waals surface area contributed by atoms with E-state index in [0.717, 1.165) is 44.4 Å². The number of hydrogen-bond acceptors (Lipinski definition) is 2. The molecule has 3 aromatic rings. The Bertz CT molecular complexity index is 1090. The zero-order valence-electron chi connectivity index (χ0n) is 14.7. The maximum absolute atomic E-state index is 5.07. The summed E-state index contributed by atoms with van der Waals surface area (Å²) < 4.78 is 0.0302. The van der Waals surface area contributed by atoms with Crippen LogP contribution in [0.3, 0.4) is 0 Å². The average Bonchev–Trinajstić information content (AvgIpc) is 2.90. The molecule has 0 spiro atoms. The van der Waals surface area contributed by atoms with E-state index in [1.165, 1.54) is 0 Å². The summed E-state index contributed by atoms with van der Waals surface area (Å²) in [7, 11) is 0. The van der Waals surface area contributed by atoms with Crippen molar-refractivity contribution in [3.05, 3.63) is 94.4 Å². The highest BCUT2D eigenvalue weighted by atomic mass is 127. The second-order valence-corrected chi connectivity index (χ2v) is 8.44. The highest BCUT2D eigenvalue weighted by molar-refractivity contribution is 14.1. The molecule has 0 atom stereocenters. The van der Waals surface area contributed by atoms with Crippen LogP contribution in [0, 0.1) is 0 Å². The van der Waals surface area contributed by atoms with Crippen molar-refractivity contribution in [2.75, 3.05) is 0 Å². The Labute approximate surface area is 194 Å². The van der Waals surface area contributed by atoms with E-state index in [0.29, 0.717) is 0 Å². The van der Waals surface area contributed by atoms with Gasteiger partial charge in [-0.1, -0.05) is 115 Å². The van der Waals surface area contributed by atoms with E-state index in [1.807, 2.05) is 46.4 Å². The number of aliphatic imine (C=N–C) groups is 2. The number of rotatable bonds is 2. The van der Waals surface area contributed by atoms with E-state index in [1.54, 1.807) is 0 Å². The summed E-state index contributed by atoms with van der Waals surface area (Å²) >= 11 is 9.38. The van der Waals surface area contributed by atoms with Gasteiger partial charge in [-0.2, -0.15) is 0 Å². The molecule has 3 aromatic carbocycles. The van der Waals surface area contributed by atoms with Crippen LogP contribution in [0.2, 0.25) is 0 Å². The second kappa shape index (κ2) is 8.84. The largest absolute Gasteiger partial charge is 0.249 e. The van der Waals surface area contributed by atoms with Crippen LogP contribution in [0.15, 0.2) is 82.8 Å². The standard InChI is InChI=1S/C23H15Br2IN2/c24-13-17-11-19-20(12-18(17)14-25)28-23(16-9-5-2-6-10-16)21(26)22(27-19)15-7-3-1-4-8-15/h1-14,21H/b17-13-,18-14-. The Hall–Kier alpha value is -1.57. The van der Waals surface area contributed by atoms with Crippen LogP contribution in [0.4, 0.5) is 11.4 Å². The first-order valence-electron chi connectivity index (χ1n) is 8.68. The van der Waals surface area contributed by atoms with E-state index in [2.05, 4.69) is 90.8 Å². The van der Waals surface area contributed by atoms with Crippen LogP contribution < -0.4 is 10.4 Å². The number of hydrogen-bond donors (Lipinski definition) is 0. The Balaban J connectivity index is 2.04. The Morgan fingerprint density at radius 3 is 1.43 bits per heavy atom. The van der Waals surface area contributed by atoms with Gasteiger partial charge in [-0.3, -0.25) is 0 Å². The highest BCUT2D eigenvalue weighted by Crippen LogP contribution is 2.33. The smallest absolute Gasteiger partial charge is 0.0965 e. The zero-order valence-corrected chi connectivity index (χ0v) is 20.0. The fourth-order valence-electron chi connectivity index (χ4n) is 3.12. The first-order chi connectivity index (χ1) is 13.7. The van der Waals surface area contributed by atoms with Crippen molar-refractivity contribution in [1.82, 2.24) is 0 Å². The van der Waals surface area contributed by atoms with Gasteiger partial charge < -0.3 is 0 Å². The van der Waals surface area contributed by atoms with Gasteiger partial charge in [0.1, 0.15) is 0 Å². The van der Waals surface area contributed by atoms with Gasteiger partial charge in [0.2, 0.25) is 0 Å². The Morgan fingerprint density at radius 2 is 1.07 bits per heavy atom. The molecule has 0 saturated heterocycles. The molecule has 0 unspecified atom stereocenters. The van der Waals surface area contributed by atoms with Gasteiger partial charge in [-0.25, -0.2) is 9.98 Å². The van der Waals surface area contributed by atoms with Crippen molar-refractivity contribution >= 4 is 87.2 Å². The minimum absolute atomic E-state index is 0.0302. The second-order valence-electron chi connectivity index (χ2n) is 6.28. The third kappa shape index (κ3) is 3.93. The van der Waals surface area contributed by atoms with Gasteiger partial charge in [-0.05, 0) is 43.7 Å². The highest BCUT2D eigenvalue weighted by Gasteiger charge is 2.25. The normalized spacial score (nSPS) is 15.7. The summed E-state index contributed by atoms with van der Waals surface area (Å²) in [4.78, 5) is 14.0. The van der Waals surface area contributed by atoms with E-state index in [-0.39, 0.29) is 3.92 Å². The molecule has 0 saturated carbocycles. The molecule has 1 heterocycles. The lowest BCUT2D eigenvalue weighted by molar-refractivity contribution is 1.41. The van der Waals surface area contributed by atoms with Crippen molar-refractivity contribution in [2.24, 2.45) is 9.98 Å². The van der Waals surface area contributed by atoms with Crippen molar-refractivity contribution in [2.45, 2.75) is 3.92 Å². The number of benzene rings is 3. The molecule has 0 bridgehead atoms. The number of fused-ring (bicyclic) bond motifs is 1. The molecular weight excluding hydrogens is 591 g/mol. The van der Waals surface area contributed by atoms with Crippen LogP contribution in [-0.4, -0.2) is 15.3 Å². The van der Waals surface area contributed by atoms with Crippen molar-refractivity contribution in [1.29, 1.82) is 0 Å². The van der Waals surface area contributed by atoms with Gasteiger partial charge in [0, 0.05) is 0 Å². The summed E-state index contributed by atoms with van der Waals surface area (Å²) in [6, 6.07) is 24.8. The molecule has 1 aliphatic heterocycles. The number of nitrogens with zero attached hydrogens (tertiary/aromatic N) is 2. The maximum atomic E-state index is 5.07. The van der Waals surface area contributed by atoms with Crippen LogP contribution in [0.1, 0.15) is 11.1 Å². The zero-order chi connectivity index (χ0) is 19.5. The third-order valence-electron chi connectivity index (χ3n) is 4.52. The summed E-state index contributed by atoms with van der Waals surface area (Å²) in [6.45, 7) is 0. The lowest BCUT2D eigenvalue weighted by atomic mass is 10.00. The molecule has 0 N–H and O–H groups in total. The molecule has 1 aliphatic rings. The molecule has 0 aromatic heterocycles. The SMILES string of the molecule is Br/C=c1/cc2c(c/c1=C/Br)N=C(c1ccccc1)C(I)C(c1ccccc1)=N2. The molecule has 0 fully saturated rings. The first kappa shape index (κ1) is 19.7. The fraction of sp³-hybridized carbons (Fsp3) is 0.0435. The maximum Gasteiger partial charge on any atom is 0.0965 e. The number of halogens is 3. The third-order valence-corrected chi connectivity index (χ3v) is 6.68. The summed E-state index contributed by atoms with van der Waals surface area (Å²) in [5.41, 5.74) is 5.99. The molecule has 138 valence electrons. The quantitative estimate of drug-likeness (QED) is 0.253. The molecular formula is C23H15Br2IN2. The minimum Gasteiger partial charge on any atom is -0.249 e. The number of alkyl halides is 1. The Kier molecular flexibility index (Phi) is 6.23. The van der Waals surface area contributed by atoms with E-state index >= 15 is 0 Å². The summed E-state index contributed by atoms with van der Waals surface area (Å²) in [6.07, 6.45) is 0. The monoisotopic (exact) mass is 604 g/mol. The van der Waals surface area contributed by atoms with E-state index in [4.69, 9.17) is 9.98 Å². The van der Waals surface area contributed by atoms with Crippen molar-refractivity contribution < 1.29 is 0 Å². The lowest BCUT2D eigenvalue weighted by Gasteiger charge is -2.15. The molecule has 2 nitrogen and oxygen atoms in total. The van der Waals surface area contributed by atoms with Gasteiger partial charge in [0.05, 0.1) is 26.7 Å². The van der Waals surface area contributed by atoms with Crippen LogP contribution >= 0.6 is 54.5 Å². The summed E-state index contributed by atoms with van der Waals surface area (Å²) in [5, 5.41) is 2.10. The fourth-order valence-corrected chi connectivity index (χ4v) is 4.91. The lowest BCUT2D eigenvalue weighted by Crippen LogP contribution is -2.25. The van der Waals surface area contributed by atoms with Crippen molar-refractivity contribution in [3.63, 3.8) is 0 Å². The van der Waals surface area contributed by atoms with E-state index in [9.17, 15) is 0 Å².